The van der Waals surface area contributed by atoms with E-state index >= 15 is 0 Å². The number of nitrogens with zero attached hydrogens (tertiary/aromatic N) is 2. The molecule has 1 saturated carbocycles. The summed E-state index contributed by atoms with van der Waals surface area (Å²) in [6.07, 6.45) is 6.30. The molecular weight excluding hydrogens is 502 g/mol. The summed E-state index contributed by atoms with van der Waals surface area (Å²) >= 11 is 0. The molecule has 0 radical (unpaired) electrons. The van der Waals surface area contributed by atoms with Gasteiger partial charge in [-0.05, 0) is 63.1 Å². The quantitative estimate of drug-likeness (QED) is 0.491. The molecule has 1 heterocycles. The van der Waals surface area contributed by atoms with Crippen LogP contribution in [-0.2, 0) is 10.0 Å². The number of benzene rings is 2. The van der Waals surface area contributed by atoms with Gasteiger partial charge in [-0.15, -0.1) is 0 Å². The number of sulfonamides is 1. The summed E-state index contributed by atoms with van der Waals surface area (Å²) < 4.78 is 34.9. The third-order valence-electron chi connectivity index (χ3n) is 7.76. The molecule has 0 unspecified atom stereocenters. The van der Waals surface area contributed by atoms with E-state index < -0.39 is 10.0 Å². The summed E-state index contributed by atoms with van der Waals surface area (Å²) in [5, 5.41) is 9.90. The van der Waals surface area contributed by atoms with Crippen molar-refractivity contribution in [1.29, 1.82) is 0 Å². The lowest BCUT2D eigenvalue weighted by Crippen LogP contribution is -2.50. The first-order valence-electron chi connectivity index (χ1n) is 13.7. The SMILES string of the molecule is C[C@@H]1CN([C@H](C)CO)C(=O)c2cc(NS(=O)(=O)c3ccccc3)ccc2O[C@H]1CN(C)CC1CCCCC1. The Balaban J connectivity index is 1.60. The molecule has 38 heavy (non-hydrogen) atoms. The molecule has 0 spiro atoms. The molecule has 2 N–H and O–H groups in total. The summed E-state index contributed by atoms with van der Waals surface area (Å²) in [5.74, 6) is 0.877. The minimum Gasteiger partial charge on any atom is -0.488 e. The molecule has 0 saturated heterocycles. The Bertz CT molecular complexity index is 1180. The molecule has 1 aliphatic carbocycles. The van der Waals surface area contributed by atoms with Gasteiger partial charge in [0, 0.05) is 31.2 Å². The van der Waals surface area contributed by atoms with Crippen LogP contribution in [0.25, 0.3) is 0 Å². The van der Waals surface area contributed by atoms with Gasteiger partial charge in [0.25, 0.3) is 15.9 Å². The number of ether oxygens (including phenoxy) is 1. The average Bonchev–Trinajstić information content (AvgIpc) is 2.91. The van der Waals surface area contributed by atoms with Crippen LogP contribution in [0.2, 0.25) is 0 Å². The van der Waals surface area contributed by atoms with Crippen molar-refractivity contribution >= 4 is 21.6 Å². The molecule has 1 fully saturated rings. The van der Waals surface area contributed by atoms with Gasteiger partial charge in [0.15, 0.2) is 0 Å². The second kappa shape index (κ2) is 12.5. The van der Waals surface area contributed by atoms with Gasteiger partial charge in [-0.2, -0.15) is 0 Å². The number of likely N-dealkylation sites (N-methyl/N-ethyl adjacent to an activating group) is 1. The Kier molecular flexibility index (Phi) is 9.33. The lowest BCUT2D eigenvalue weighted by atomic mass is 9.89. The highest BCUT2D eigenvalue weighted by atomic mass is 32.2. The van der Waals surface area contributed by atoms with Crippen LogP contribution in [0.4, 0.5) is 5.69 Å². The largest absolute Gasteiger partial charge is 0.488 e. The molecule has 1 aliphatic heterocycles. The maximum atomic E-state index is 13.7. The number of carbonyl (C=O) groups excluding carboxylic acids is 1. The van der Waals surface area contributed by atoms with Crippen molar-refractivity contribution in [2.75, 3.05) is 38.0 Å². The number of carbonyl (C=O) groups is 1. The van der Waals surface area contributed by atoms with Crippen molar-refractivity contribution in [3.63, 3.8) is 0 Å². The molecule has 2 aromatic carbocycles. The van der Waals surface area contributed by atoms with Crippen LogP contribution in [0, 0.1) is 11.8 Å². The van der Waals surface area contributed by atoms with Crippen LogP contribution in [-0.4, -0.2) is 74.7 Å². The van der Waals surface area contributed by atoms with Gasteiger partial charge in [0.2, 0.25) is 0 Å². The number of amides is 1. The van der Waals surface area contributed by atoms with E-state index in [1.54, 1.807) is 35.2 Å². The molecule has 0 aromatic heterocycles. The third-order valence-corrected chi connectivity index (χ3v) is 9.15. The zero-order chi connectivity index (χ0) is 27.3. The summed E-state index contributed by atoms with van der Waals surface area (Å²) in [6.45, 7) is 5.91. The molecule has 8 nitrogen and oxygen atoms in total. The number of aliphatic hydroxyl groups excluding tert-OH is 1. The highest BCUT2D eigenvalue weighted by Crippen LogP contribution is 2.32. The van der Waals surface area contributed by atoms with Crippen LogP contribution < -0.4 is 9.46 Å². The van der Waals surface area contributed by atoms with Gasteiger partial charge >= 0.3 is 0 Å². The van der Waals surface area contributed by atoms with Crippen LogP contribution in [0.5, 0.6) is 5.75 Å². The van der Waals surface area contributed by atoms with Crippen molar-refractivity contribution in [1.82, 2.24) is 9.80 Å². The van der Waals surface area contributed by atoms with Crippen LogP contribution in [0.1, 0.15) is 56.3 Å². The molecule has 3 atom stereocenters. The fourth-order valence-corrected chi connectivity index (χ4v) is 6.58. The lowest BCUT2D eigenvalue weighted by molar-refractivity contribution is 0.0330. The number of fused-ring (bicyclic) bond motifs is 1. The van der Waals surface area contributed by atoms with Gasteiger partial charge in [-0.25, -0.2) is 8.42 Å². The normalized spacial score (nSPS) is 21.8. The summed E-state index contributed by atoms with van der Waals surface area (Å²) in [5.41, 5.74) is 0.561. The number of nitrogens with one attached hydrogen (secondary N) is 1. The van der Waals surface area contributed by atoms with Crippen LogP contribution in [0.15, 0.2) is 53.4 Å². The van der Waals surface area contributed by atoms with Crippen molar-refractivity contribution < 1.29 is 23.1 Å². The smallest absolute Gasteiger partial charge is 0.261 e. The third kappa shape index (κ3) is 6.87. The van der Waals surface area contributed by atoms with E-state index in [1.807, 2.05) is 6.92 Å². The first kappa shape index (κ1) is 28.4. The molecular formula is C29H41N3O5S. The molecule has 9 heteroatoms. The van der Waals surface area contributed by atoms with Gasteiger partial charge in [0.1, 0.15) is 11.9 Å². The Hall–Kier alpha value is -2.62. The molecule has 208 valence electrons. The molecule has 0 bridgehead atoms. The number of rotatable bonds is 9. The van der Waals surface area contributed by atoms with E-state index in [9.17, 15) is 18.3 Å². The molecule has 1 amide bonds. The van der Waals surface area contributed by atoms with E-state index in [0.29, 0.717) is 18.2 Å². The first-order chi connectivity index (χ1) is 18.2. The van der Waals surface area contributed by atoms with E-state index in [2.05, 4.69) is 23.6 Å². The monoisotopic (exact) mass is 543 g/mol. The fraction of sp³-hybridized carbons (Fsp3) is 0.552. The van der Waals surface area contributed by atoms with Crippen LogP contribution >= 0.6 is 0 Å². The predicted octanol–water partition coefficient (Wildman–Crippen LogP) is 4.22. The topological polar surface area (TPSA) is 99.2 Å². The van der Waals surface area contributed by atoms with E-state index in [4.69, 9.17) is 4.74 Å². The summed E-state index contributed by atoms with van der Waals surface area (Å²) in [4.78, 5) is 17.8. The second-order valence-corrected chi connectivity index (χ2v) is 12.7. The number of aliphatic hydroxyl groups is 1. The highest BCUT2D eigenvalue weighted by molar-refractivity contribution is 7.92. The molecule has 4 rings (SSSR count). The van der Waals surface area contributed by atoms with Gasteiger partial charge in [-0.1, -0.05) is 44.4 Å². The first-order valence-corrected chi connectivity index (χ1v) is 15.1. The van der Waals surface area contributed by atoms with E-state index in [1.165, 1.54) is 50.3 Å². The molecule has 2 aromatic rings. The zero-order valence-electron chi connectivity index (χ0n) is 22.7. The Morgan fingerprint density at radius 2 is 1.82 bits per heavy atom. The van der Waals surface area contributed by atoms with Gasteiger partial charge in [-0.3, -0.25) is 9.52 Å². The Labute approximate surface area is 227 Å². The number of hydrogen-bond acceptors (Lipinski definition) is 6. The maximum absolute atomic E-state index is 13.7. The van der Waals surface area contributed by atoms with Crippen molar-refractivity contribution in [2.24, 2.45) is 11.8 Å². The van der Waals surface area contributed by atoms with Crippen LogP contribution in [0.3, 0.4) is 0 Å². The Morgan fingerprint density at radius 1 is 1.11 bits per heavy atom. The predicted molar refractivity (Wildman–Crippen MR) is 149 cm³/mol. The van der Waals surface area contributed by atoms with Crippen molar-refractivity contribution in [3.05, 3.63) is 54.1 Å². The number of hydrogen-bond donors (Lipinski definition) is 2. The standard InChI is InChI=1S/C29H41N3O5S/c1-21-17-32(22(2)20-33)29(34)26-16-24(30-38(35,36)25-12-8-5-9-13-25)14-15-27(26)37-28(21)19-31(3)18-23-10-6-4-7-11-23/h5,8-9,12-16,21-23,28,30,33H,4,6-7,10-11,17-20H2,1-3H3/t21-,22-,28+/m1/s1. The Morgan fingerprint density at radius 3 is 2.50 bits per heavy atom. The lowest BCUT2D eigenvalue weighted by Gasteiger charge is -2.38. The minimum atomic E-state index is -3.82. The fourth-order valence-electron chi connectivity index (χ4n) is 5.51. The summed E-state index contributed by atoms with van der Waals surface area (Å²) in [7, 11) is -1.69. The van der Waals surface area contributed by atoms with Gasteiger partial charge in [0.05, 0.1) is 23.1 Å². The average molecular weight is 544 g/mol. The van der Waals surface area contributed by atoms with E-state index in [-0.39, 0.29) is 46.7 Å². The second-order valence-electron chi connectivity index (χ2n) is 11.0. The van der Waals surface area contributed by atoms with Gasteiger partial charge < -0.3 is 19.6 Å². The summed E-state index contributed by atoms with van der Waals surface area (Å²) in [6, 6.07) is 12.6. The van der Waals surface area contributed by atoms with Crippen molar-refractivity contribution in [2.45, 2.75) is 63.0 Å². The molecule has 2 aliphatic rings. The zero-order valence-corrected chi connectivity index (χ0v) is 23.5. The highest BCUT2D eigenvalue weighted by Gasteiger charge is 2.34. The van der Waals surface area contributed by atoms with E-state index in [0.717, 1.165) is 13.1 Å². The maximum Gasteiger partial charge on any atom is 0.261 e. The number of anilines is 1. The van der Waals surface area contributed by atoms with Crippen molar-refractivity contribution in [3.8, 4) is 5.75 Å². The minimum absolute atomic E-state index is 0.0335.